The minimum Gasteiger partial charge on any atom is -0.542 e. The van der Waals surface area contributed by atoms with Crippen LogP contribution in [0.25, 0.3) is 11.3 Å². The molecule has 0 N–H and O–H groups in total. The van der Waals surface area contributed by atoms with Crippen LogP contribution in [0.4, 0.5) is 0 Å². The molecule has 0 amide bonds. The van der Waals surface area contributed by atoms with Gasteiger partial charge in [0.15, 0.2) is 0 Å². The van der Waals surface area contributed by atoms with Crippen LogP contribution in [0.2, 0.25) is 0 Å². The Balaban J connectivity index is 0.000000137. The SMILES string of the molecule is C=[Si]OCc1ncc(-c2cccc(C)n2)cc1C.C=[Si]OCc1ncc(Br)cc1C.c1ccc(P(c2ccccc2)c2ccccc2)cc1.c1ccc(P(c2ccccc2)c2ccccc2)cc1.c1ccc(P(c2ccccc2)c2ccccc2)cc1.c1ccc(P(c2ccccc2)c2ccccc2)cc1. The minimum atomic E-state index is -0.446. The molecule has 0 spiro atoms. The molecular weight excluding hydrogens is 1460 g/mol. The molecule has 522 valence electrons. The van der Waals surface area contributed by atoms with E-state index in [-0.39, 0.29) is 18.8 Å². The zero-order chi connectivity index (χ0) is 73.6. The van der Waals surface area contributed by atoms with Crippen LogP contribution in [-0.2, 0) is 22.1 Å². The fraction of sp³-hybridized carbons (Fsp3) is 0.0532. The zero-order valence-corrected chi connectivity index (χ0v) is 67.0. The van der Waals surface area contributed by atoms with Crippen molar-refractivity contribution in [1.29, 1.82) is 0 Å². The molecule has 0 saturated heterocycles. The summed E-state index contributed by atoms with van der Waals surface area (Å²) in [5.41, 5.74) is 7.21. The van der Waals surface area contributed by atoms with Crippen LogP contribution in [0.3, 0.4) is 0 Å². The molecule has 0 aliphatic rings. The number of hydrogen-bond acceptors (Lipinski definition) is 5. The molecule has 3 heterocycles. The van der Waals surface area contributed by atoms with Crippen molar-refractivity contribution >= 4 is 142 Å². The average molecular weight is 1550 g/mol. The molecule has 0 unspecified atom stereocenters. The number of aromatic nitrogens is 3. The van der Waals surface area contributed by atoms with Gasteiger partial charge in [0.25, 0.3) is 18.8 Å². The molecule has 0 saturated carbocycles. The number of benzene rings is 12. The molecule has 2 radical (unpaired) electrons. The molecule has 0 atom stereocenters. The summed E-state index contributed by atoms with van der Waals surface area (Å²) in [7, 11) is -1.26. The van der Waals surface area contributed by atoms with E-state index >= 15 is 0 Å². The van der Waals surface area contributed by atoms with Gasteiger partial charge in [0, 0.05) is 28.1 Å². The van der Waals surface area contributed by atoms with Crippen molar-refractivity contribution in [2.45, 2.75) is 34.0 Å². The summed E-state index contributed by atoms with van der Waals surface area (Å²) in [6, 6.07) is 139. The van der Waals surface area contributed by atoms with Gasteiger partial charge in [-0.15, -0.1) is 0 Å². The first-order chi connectivity index (χ1) is 52.2. The van der Waals surface area contributed by atoms with E-state index in [4.69, 9.17) is 8.85 Å². The fourth-order valence-electron chi connectivity index (χ4n) is 11.3. The summed E-state index contributed by atoms with van der Waals surface area (Å²) < 4.78 is 11.5. The molecule has 15 rings (SSSR count). The van der Waals surface area contributed by atoms with E-state index in [1.165, 1.54) is 63.7 Å². The highest BCUT2D eigenvalue weighted by atomic mass is 79.9. The normalized spacial score (nSPS) is 10.4. The zero-order valence-electron chi connectivity index (χ0n) is 59.8. The molecule has 106 heavy (non-hydrogen) atoms. The van der Waals surface area contributed by atoms with Crippen molar-refractivity contribution in [2.75, 3.05) is 0 Å². The summed E-state index contributed by atoms with van der Waals surface area (Å²) in [5, 5.41) is 16.8. The van der Waals surface area contributed by atoms with Gasteiger partial charge >= 0.3 is 0 Å². The third-order valence-corrected chi connectivity index (χ3v) is 27.2. The summed E-state index contributed by atoms with van der Waals surface area (Å²) in [6.45, 7) is 7.12. The van der Waals surface area contributed by atoms with Crippen LogP contribution in [0.1, 0.15) is 28.2 Å². The Labute approximate surface area is 645 Å². The van der Waals surface area contributed by atoms with Gasteiger partial charge in [0.2, 0.25) is 0 Å². The molecule has 12 aromatic carbocycles. The van der Waals surface area contributed by atoms with Gasteiger partial charge in [-0.1, -0.05) is 382 Å². The summed E-state index contributed by atoms with van der Waals surface area (Å²) >= 11 is 3.35. The molecule has 3 aromatic heterocycles. The number of nitrogens with zero attached hydrogens (tertiary/aromatic N) is 3. The second-order valence-electron chi connectivity index (χ2n) is 23.8. The topological polar surface area (TPSA) is 57.1 Å². The van der Waals surface area contributed by atoms with Crippen molar-refractivity contribution in [3.05, 3.63) is 439 Å². The Morgan fingerprint density at radius 1 is 0.283 bits per heavy atom. The van der Waals surface area contributed by atoms with Gasteiger partial charge in [-0.2, -0.15) is 0 Å². The van der Waals surface area contributed by atoms with E-state index in [0.29, 0.717) is 13.2 Å². The quantitative estimate of drug-likeness (QED) is 0.0596. The smallest absolute Gasteiger partial charge is 0.273 e. The van der Waals surface area contributed by atoms with E-state index in [9.17, 15) is 0 Å². The lowest BCUT2D eigenvalue weighted by Crippen LogP contribution is -2.20. The second-order valence-corrected chi connectivity index (χ2v) is 34.8. The number of rotatable bonds is 19. The average Bonchev–Trinajstić information content (AvgIpc) is 0.912. The largest absolute Gasteiger partial charge is 0.542 e. The predicted molar refractivity (Wildman–Crippen MR) is 470 cm³/mol. The molecule has 0 aliphatic carbocycles. The van der Waals surface area contributed by atoms with E-state index in [2.05, 4.69) is 413 Å². The van der Waals surface area contributed by atoms with Gasteiger partial charge in [0.05, 0.1) is 17.1 Å². The van der Waals surface area contributed by atoms with Gasteiger partial charge in [-0.05, 0) is 167 Å². The first-order valence-electron chi connectivity index (χ1n) is 34.8. The number of halogens is 1. The summed E-state index contributed by atoms with van der Waals surface area (Å²) in [6.07, 6.45) is 10.9. The Bertz CT molecular complexity index is 4120. The summed E-state index contributed by atoms with van der Waals surface area (Å²) in [5.74, 6) is 0. The van der Waals surface area contributed by atoms with E-state index in [1.807, 2.05) is 51.2 Å². The van der Waals surface area contributed by atoms with E-state index < -0.39 is 31.7 Å². The molecule has 5 nitrogen and oxygen atoms in total. The lowest BCUT2D eigenvalue weighted by molar-refractivity contribution is 0.329. The first-order valence-corrected chi connectivity index (χ1v) is 43.2. The Morgan fingerprint density at radius 2 is 0.500 bits per heavy atom. The second kappa shape index (κ2) is 44.1. The molecule has 15 aromatic rings. The van der Waals surface area contributed by atoms with Crippen molar-refractivity contribution in [3.63, 3.8) is 0 Å². The third-order valence-electron chi connectivity index (χ3n) is 16.3. The summed E-state index contributed by atoms with van der Waals surface area (Å²) in [4.78, 5) is 13.2. The Hall–Kier alpha value is -9.94. The number of hydrogen-bond donors (Lipinski definition) is 0. The monoisotopic (exact) mass is 1550 g/mol. The molecule has 0 aliphatic heterocycles. The van der Waals surface area contributed by atoms with Crippen molar-refractivity contribution in [2.24, 2.45) is 0 Å². The van der Waals surface area contributed by atoms with E-state index in [1.54, 1.807) is 6.20 Å². The highest BCUT2D eigenvalue weighted by Gasteiger charge is 2.19. The van der Waals surface area contributed by atoms with E-state index in [0.717, 1.165) is 43.9 Å². The maximum absolute atomic E-state index is 5.30. The van der Waals surface area contributed by atoms with Crippen LogP contribution in [0.15, 0.2) is 411 Å². The number of pyridine rings is 3. The fourth-order valence-corrected chi connectivity index (χ4v) is 21.4. The molecule has 0 bridgehead atoms. The van der Waals surface area contributed by atoms with Crippen LogP contribution in [0, 0.1) is 20.8 Å². The molecular formula is C94H84BrN3O2P4Si2. The third kappa shape index (κ3) is 24.6. The Morgan fingerprint density at radius 3 is 0.698 bits per heavy atom. The maximum Gasteiger partial charge on any atom is 0.273 e. The van der Waals surface area contributed by atoms with Crippen molar-refractivity contribution in [3.8, 4) is 11.3 Å². The molecule has 12 heteroatoms. The van der Waals surface area contributed by atoms with Crippen molar-refractivity contribution in [1.82, 2.24) is 15.0 Å². The van der Waals surface area contributed by atoms with Gasteiger partial charge in [-0.25, -0.2) is 0 Å². The lowest BCUT2D eigenvalue weighted by atomic mass is 10.1. The minimum absolute atomic E-state index is 0.246. The molecule has 0 fully saturated rings. The van der Waals surface area contributed by atoms with Gasteiger partial charge < -0.3 is 8.85 Å². The van der Waals surface area contributed by atoms with Crippen LogP contribution in [-0.4, -0.2) is 46.1 Å². The van der Waals surface area contributed by atoms with Gasteiger partial charge in [-0.3, -0.25) is 15.0 Å². The maximum atomic E-state index is 5.30. The van der Waals surface area contributed by atoms with Crippen LogP contribution in [0.5, 0.6) is 0 Å². The van der Waals surface area contributed by atoms with Crippen LogP contribution >= 0.6 is 47.6 Å². The lowest BCUT2D eigenvalue weighted by Gasteiger charge is -2.18. The number of aryl methyl sites for hydroxylation is 3. The predicted octanol–water partition coefficient (Wildman–Crippen LogP) is 17.8. The Kier molecular flexibility index (Phi) is 32.7. The standard InChI is InChI=1S/4C18H15P.C14H15N2OSi.C8H9BrNOSi/c4*1-4-10-16(11-5-1)19(17-12-6-2-7-13-17)18-14-8-3-9-15-18;1-10-7-12(8-15-14(10)9-17-18-3)13-6-4-5-11(2)16-13;1-6-3-7(9)4-10-8(6)5-11-12-2/h4*1-15H;4-8H,3,9H2,1-2H3;3-4H,2,5H2,1H3. The van der Waals surface area contributed by atoms with Gasteiger partial charge in [0.1, 0.15) is 13.2 Å². The van der Waals surface area contributed by atoms with Crippen molar-refractivity contribution < 1.29 is 8.85 Å². The highest BCUT2D eigenvalue weighted by Crippen LogP contribution is 2.36. The van der Waals surface area contributed by atoms with Crippen LogP contribution < -0.4 is 63.7 Å². The first kappa shape index (κ1) is 78.6. The highest BCUT2D eigenvalue weighted by molar-refractivity contribution is 9.10.